The number of benzene rings is 1. The molecule has 2 aliphatic rings. The van der Waals surface area contributed by atoms with Gasteiger partial charge in [-0.2, -0.15) is 0 Å². The fourth-order valence-corrected chi connectivity index (χ4v) is 3.82. The summed E-state index contributed by atoms with van der Waals surface area (Å²) in [5.74, 6) is 8.18. The molecule has 1 aromatic heterocycles. The second-order valence-corrected chi connectivity index (χ2v) is 8.28. The third kappa shape index (κ3) is 5.10. The lowest BCUT2D eigenvalue weighted by atomic mass is 10.0. The number of aryl methyl sites for hydroxylation is 1. The van der Waals surface area contributed by atoms with Gasteiger partial charge in [0.25, 0.3) is 5.56 Å². The van der Waals surface area contributed by atoms with Gasteiger partial charge in [-0.25, -0.2) is 0 Å². The van der Waals surface area contributed by atoms with Gasteiger partial charge in [-0.1, -0.05) is 24.0 Å². The highest BCUT2D eigenvalue weighted by Crippen LogP contribution is 2.27. The van der Waals surface area contributed by atoms with Crippen molar-refractivity contribution in [1.82, 2.24) is 4.57 Å². The molecular formula is C25H29NO3. The van der Waals surface area contributed by atoms with Gasteiger partial charge in [-0.3, -0.25) is 4.79 Å². The van der Waals surface area contributed by atoms with Gasteiger partial charge in [-0.15, -0.1) is 0 Å². The number of ether oxygens (including phenoxy) is 2. The average Bonchev–Trinajstić information content (AvgIpc) is 3.56. The number of nitrogens with zero attached hydrogens (tertiary/aromatic N) is 1. The van der Waals surface area contributed by atoms with Crippen LogP contribution in [-0.4, -0.2) is 24.4 Å². The molecule has 4 nitrogen and oxygen atoms in total. The maximum Gasteiger partial charge on any atom is 0.254 e. The van der Waals surface area contributed by atoms with E-state index in [0.29, 0.717) is 24.2 Å². The predicted molar refractivity (Wildman–Crippen MR) is 114 cm³/mol. The van der Waals surface area contributed by atoms with E-state index >= 15 is 0 Å². The Kier molecular flexibility index (Phi) is 6.06. The van der Waals surface area contributed by atoms with Gasteiger partial charge in [-0.05, 0) is 63.3 Å². The third-order valence-electron chi connectivity index (χ3n) is 5.75. The highest BCUT2D eigenvalue weighted by molar-refractivity contribution is 5.38. The van der Waals surface area contributed by atoms with Crippen LogP contribution in [0.2, 0.25) is 0 Å². The van der Waals surface area contributed by atoms with E-state index in [1.54, 1.807) is 6.07 Å². The van der Waals surface area contributed by atoms with Gasteiger partial charge in [0.2, 0.25) is 0 Å². The van der Waals surface area contributed by atoms with Crippen molar-refractivity contribution < 1.29 is 9.47 Å². The molecule has 1 aromatic carbocycles. The van der Waals surface area contributed by atoms with E-state index in [4.69, 9.17) is 9.47 Å². The first kappa shape index (κ1) is 19.8. The minimum atomic E-state index is -0.0475. The Labute approximate surface area is 172 Å². The molecule has 0 spiro atoms. The maximum absolute atomic E-state index is 12.8. The number of pyridine rings is 1. The summed E-state index contributed by atoms with van der Waals surface area (Å²) in [4.78, 5) is 12.8. The first-order valence-corrected chi connectivity index (χ1v) is 10.7. The van der Waals surface area contributed by atoms with E-state index in [1.165, 1.54) is 12.8 Å². The summed E-state index contributed by atoms with van der Waals surface area (Å²) in [6.45, 7) is 6.21. The Balaban J connectivity index is 1.45. The summed E-state index contributed by atoms with van der Waals surface area (Å²) in [5.41, 5.74) is 3.00. The standard InChI is InChI=1S/C25H29NO3/c1-18-14-24(29-17-22-4-3-13-28-16-22)15-25(27)26(18)19(2)23-11-9-21(10-12-23)8-7-20-5-6-20/h9-12,14-15,19-20,22H,3-6,13,16-17H2,1-2H3/t19-,22?/m1/s1. The summed E-state index contributed by atoms with van der Waals surface area (Å²) in [7, 11) is 0. The highest BCUT2D eigenvalue weighted by atomic mass is 16.5. The lowest BCUT2D eigenvalue weighted by Crippen LogP contribution is -2.27. The molecule has 4 heteroatoms. The van der Waals surface area contributed by atoms with E-state index in [0.717, 1.165) is 42.9 Å². The molecule has 2 atom stereocenters. The molecule has 2 heterocycles. The maximum atomic E-state index is 12.8. The van der Waals surface area contributed by atoms with Gasteiger partial charge >= 0.3 is 0 Å². The van der Waals surface area contributed by atoms with Gasteiger partial charge in [0.1, 0.15) is 5.75 Å². The zero-order chi connectivity index (χ0) is 20.2. The molecule has 29 heavy (non-hydrogen) atoms. The zero-order valence-electron chi connectivity index (χ0n) is 17.3. The Morgan fingerprint density at radius 3 is 2.66 bits per heavy atom. The molecule has 1 aliphatic heterocycles. The number of hydrogen-bond acceptors (Lipinski definition) is 3. The molecule has 1 aliphatic carbocycles. The summed E-state index contributed by atoms with van der Waals surface area (Å²) < 4.78 is 13.2. The van der Waals surface area contributed by atoms with Crippen LogP contribution in [0.15, 0.2) is 41.2 Å². The number of aromatic nitrogens is 1. The first-order chi connectivity index (χ1) is 14.1. The largest absolute Gasteiger partial charge is 0.493 e. The van der Waals surface area contributed by atoms with E-state index < -0.39 is 0 Å². The molecule has 1 saturated carbocycles. The normalized spacial score (nSPS) is 19.9. The second kappa shape index (κ2) is 8.88. The van der Waals surface area contributed by atoms with Crippen molar-refractivity contribution in [3.8, 4) is 17.6 Å². The summed E-state index contributed by atoms with van der Waals surface area (Å²) in [5, 5.41) is 0. The smallest absolute Gasteiger partial charge is 0.254 e. The highest BCUT2D eigenvalue weighted by Gasteiger charge is 2.18. The van der Waals surface area contributed by atoms with Crippen LogP contribution in [0.5, 0.6) is 5.75 Å². The van der Waals surface area contributed by atoms with Gasteiger partial charge in [0, 0.05) is 35.8 Å². The number of rotatable bonds is 5. The fourth-order valence-electron chi connectivity index (χ4n) is 3.82. The second-order valence-electron chi connectivity index (χ2n) is 8.28. The quantitative estimate of drug-likeness (QED) is 0.712. The summed E-state index contributed by atoms with van der Waals surface area (Å²) >= 11 is 0. The van der Waals surface area contributed by atoms with Crippen LogP contribution in [0.25, 0.3) is 0 Å². The third-order valence-corrected chi connectivity index (χ3v) is 5.75. The zero-order valence-corrected chi connectivity index (χ0v) is 17.3. The molecular weight excluding hydrogens is 362 g/mol. The van der Waals surface area contributed by atoms with Crippen LogP contribution < -0.4 is 10.3 Å². The van der Waals surface area contributed by atoms with Crippen molar-refractivity contribution in [3.63, 3.8) is 0 Å². The first-order valence-electron chi connectivity index (χ1n) is 10.7. The topological polar surface area (TPSA) is 40.5 Å². The van der Waals surface area contributed by atoms with Crippen molar-refractivity contribution in [2.45, 2.75) is 45.6 Å². The molecule has 1 saturated heterocycles. The minimum Gasteiger partial charge on any atom is -0.493 e. The monoisotopic (exact) mass is 391 g/mol. The van der Waals surface area contributed by atoms with Gasteiger partial charge in [0.05, 0.1) is 19.3 Å². The van der Waals surface area contributed by atoms with E-state index in [-0.39, 0.29) is 11.6 Å². The molecule has 1 unspecified atom stereocenters. The van der Waals surface area contributed by atoms with Crippen molar-refractivity contribution in [2.24, 2.45) is 11.8 Å². The van der Waals surface area contributed by atoms with Gasteiger partial charge in [0.15, 0.2) is 0 Å². The van der Waals surface area contributed by atoms with Crippen LogP contribution in [0.1, 0.15) is 55.5 Å². The number of hydrogen-bond donors (Lipinski definition) is 0. The van der Waals surface area contributed by atoms with E-state index in [1.807, 2.05) is 29.7 Å². The molecule has 0 N–H and O–H groups in total. The van der Waals surface area contributed by atoms with Crippen LogP contribution in [0, 0.1) is 30.6 Å². The van der Waals surface area contributed by atoms with E-state index in [2.05, 4.69) is 30.9 Å². The predicted octanol–water partition coefficient (Wildman–Crippen LogP) is 4.33. The van der Waals surface area contributed by atoms with Crippen molar-refractivity contribution >= 4 is 0 Å². The molecule has 0 radical (unpaired) electrons. The van der Waals surface area contributed by atoms with E-state index in [9.17, 15) is 4.79 Å². The molecule has 152 valence electrons. The minimum absolute atomic E-state index is 0.0370. The SMILES string of the molecule is Cc1cc(OCC2CCCOC2)cc(=O)n1[C@H](C)c1ccc(C#CC2CC2)cc1. The Bertz CT molecular complexity index is 954. The molecule has 4 rings (SSSR count). The van der Waals surface area contributed by atoms with Crippen LogP contribution in [-0.2, 0) is 4.74 Å². The van der Waals surface area contributed by atoms with Crippen LogP contribution >= 0.6 is 0 Å². The summed E-state index contributed by atoms with van der Waals surface area (Å²) in [6, 6.07) is 11.7. The van der Waals surface area contributed by atoms with Crippen molar-refractivity contribution in [2.75, 3.05) is 19.8 Å². The lowest BCUT2D eigenvalue weighted by molar-refractivity contribution is 0.0351. The Morgan fingerprint density at radius 1 is 1.21 bits per heavy atom. The molecule has 2 fully saturated rings. The van der Waals surface area contributed by atoms with Crippen molar-refractivity contribution in [3.05, 3.63) is 63.6 Å². The summed E-state index contributed by atoms with van der Waals surface area (Å²) in [6.07, 6.45) is 4.67. The van der Waals surface area contributed by atoms with Crippen LogP contribution in [0.3, 0.4) is 0 Å². The fraction of sp³-hybridized carbons (Fsp3) is 0.480. The van der Waals surface area contributed by atoms with Crippen LogP contribution in [0.4, 0.5) is 0 Å². The average molecular weight is 392 g/mol. The van der Waals surface area contributed by atoms with Gasteiger partial charge < -0.3 is 14.0 Å². The Hall–Kier alpha value is -2.51. The van der Waals surface area contributed by atoms with Crippen molar-refractivity contribution in [1.29, 1.82) is 0 Å². The Morgan fingerprint density at radius 2 is 2.00 bits per heavy atom. The molecule has 0 amide bonds. The lowest BCUT2D eigenvalue weighted by Gasteiger charge is -2.23. The molecule has 2 aromatic rings. The molecule has 0 bridgehead atoms.